The minimum absolute atomic E-state index is 0.0469. The van der Waals surface area contributed by atoms with Gasteiger partial charge in [0.2, 0.25) is 5.91 Å². The molecule has 1 saturated carbocycles. The van der Waals surface area contributed by atoms with Gasteiger partial charge in [-0.2, -0.15) is 0 Å². The van der Waals surface area contributed by atoms with Gasteiger partial charge in [0, 0.05) is 5.54 Å². The van der Waals surface area contributed by atoms with Crippen LogP contribution in [0.3, 0.4) is 0 Å². The van der Waals surface area contributed by atoms with Crippen molar-refractivity contribution in [1.82, 2.24) is 5.32 Å². The van der Waals surface area contributed by atoms with E-state index < -0.39 is 5.54 Å². The lowest BCUT2D eigenvalue weighted by Gasteiger charge is -2.36. The van der Waals surface area contributed by atoms with Crippen LogP contribution < -0.4 is 11.1 Å². The molecular weight excluding hydrogens is 200 g/mol. The van der Waals surface area contributed by atoms with Crippen LogP contribution in [-0.2, 0) is 4.79 Å². The van der Waals surface area contributed by atoms with Gasteiger partial charge in [0.25, 0.3) is 0 Å². The van der Waals surface area contributed by atoms with Crippen molar-refractivity contribution in [3.05, 3.63) is 0 Å². The van der Waals surface area contributed by atoms with Gasteiger partial charge >= 0.3 is 0 Å². The average molecular weight is 226 g/mol. The Morgan fingerprint density at radius 1 is 1.31 bits per heavy atom. The number of carbonyl (C=O) groups is 1. The molecule has 3 nitrogen and oxygen atoms in total. The van der Waals surface area contributed by atoms with E-state index in [9.17, 15) is 4.79 Å². The molecule has 1 aliphatic rings. The molecule has 3 N–H and O–H groups in total. The first-order valence-electron chi connectivity index (χ1n) is 6.51. The summed E-state index contributed by atoms with van der Waals surface area (Å²) in [6.45, 7) is 6.27. The Hall–Kier alpha value is -0.570. The highest BCUT2D eigenvalue weighted by atomic mass is 16.2. The Labute approximate surface area is 99.2 Å². The van der Waals surface area contributed by atoms with Gasteiger partial charge in [0.05, 0.1) is 5.54 Å². The van der Waals surface area contributed by atoms with Gasteiger partial charge in [-0.1, -0.05) is 32.6 Å². The molecule has 0 aromatic heterocycles. The summed E-state index contributed by atoms with van der Waals surface area (Å²) in [5.74, 6) is 0.0469. The van der Waals surface area contributed by atoms with Crippen molar-refractivity contribution in [3.63, 3.8) is 0 Å². The van der Waals surface area contributed by atoms with E-state index in [1.807, 2.05) is 0 Å². The van der Waals surface area contributed by atoms with E-state index in [1.165, 1.54) is 6.42 Å². The molecule has 1 amide bonds. The van der Waals surface area contributed by atoms with Crippen LogP contribution in [0.25, 0.3) is 0 Å². The Kier molecular flexibility index (Phi) is 4.36. The number of nitrogens with one attached hydrogen (secondary N) is 1. The summed E-state index contributed by atoms with van der Waals surface area (Å²) < 4.78 is 0. The number of hydrogen-bond acceptors (Lipinski definition) is 2. The zero-order chi connectivity index (χ0) is 12.2. The third kappa shape index (κ3) is 3.48. The molecule has 94 valence electrons. The fourth-order valence-corrected chi connectivity index (χ4v) is 2.53. The fraction of sp³-hybridized carbons (Fsp3) is 0.923. The number of carbonyl (C=O) groups excluding carboxylic acids is 1. The number of hydrogen-bond donors (Lipinski definition) is 2. The Morgan fingerprint density at radius 3 is 2.38 bits per heavy atom. The van der Waals surface area contributed by atoms with Crippen LogP contribution >= 0.6 is 0 Å². The van der Waals surface area contributed by atoms with E-state index in [4.69, 9.17) is 5.73 Å². The molecule has 0 unspecified atom stereocenters. The fourth-order valence-electron chi connectivity index (χ4n) is 2.53. The molecule has 16 heavy (non-hydrogen) atoms. The van der Waals surface area contributed by atoms with Gasteiger partial charge < -0.3 is 11.1 Å². The first-order valence-corrected chi connectivity index (χ1v) is 6.51. The van der Waals surface area contributed by atoms with Crippen LogP contribution in [0, 0.1) is 0 Å². The average Bonchev–Trinajstić information content (AvgIpc) is 2.17. The zero-order valence-corrected chi connectivity index (χ0v) is 10.9. The van der Waals surface area contributed by atoms with Crippen molar-refractivity contribution in [2.75, 3.05) is 0 Å². The highest BCUT2D eigenvalue weighted by molar-refractivity contribution is 5.86. The molecule has 0 aromatic rings. The maximum atomic E-state index is 12.2. The Balaban J connectivity index is 2.56. The van der Waals surface area contributed by atoms with Gasteiger partial charge in [-0.15, -0.1) is 0 Å². The first kappa shape index (κ1) is 13.5. The standard InChI is InChI=1S/C13H26N2O/c1-4-8-12(2,3)15-11(16)13(14)9-6-5-7-10-13/h4-10,14H2,1-3H3,(H,15,16). The molecule has 0 saturated heterocycles. The molecule has 0 heterocycles. The monoisotopic (exact) mass is 226 g/mol. The highest BCUT2D eigenvalue weighted by Gasteiger charge is 2.37. The van der Waals surface area contributed by atoms with Crippen molar-refractivity contribution in [2.24, 2.45) is 5.73 Å². The highest BCUT2D eigenvalue weighted by Crippen LogP contribution is 2.27. The van der Waals surface area contributed by atoms with Crippen molar-refractivity contribution in [1.29, 1.82) is 0 Å². The van der Waals surface area contributed by atoms with Crippen LogP contribution in [0.1, 0.15) is 65.7 Å². The van der Waals surface area contributed by atoms with E-state index in [2.05, 4.69) is 26.1 Å². The van der Waals surface area contributed by atoms with Gasteiger partial charge in [0.1, 0.15) is 0 Å². The molecule has 1 rings (SSSR count). The molecule has 0 bridgehead atoms. The molecule has 1 aliphatic carbocycles. The molecule has 0 aromatic carbocycles. The zero-order valence-electron chi connectivity index (χ0n) is 10.9. The van der Waals surface area contributed by atoms with E-state index >= 15 is 0 Å². The second-order valence-corrected chi connectivity index (χ2v) is 5.80. The third-order valence-electron chi connectivity index (χ3n) is 3.52. The van der Waals surface area contributed by atoms with Crippen molar-refractivity contribution >= 4 is 5.91 Å². The normalized spacial score (nSPS) is 20.5. The van der Waals surface area contributed by atoms with Crippen molar-refractivity contribution < 1.29 is 4.79 Å². The molecule has 3 heteroatoms. The van der Waals surface area contributed by atoms with Gasteiger partial charge in [0.15, 0.2) is 0 Å². The molecule has 0 radical (unpaired) electrons. The largest absolute Gasteiger partial charge is 0.350 e. The van der Waals surface area contributed by atoms with E-state index in [0.717, 1.165) is 38.5 Å². The first-order chi connectivity index (χ1) is 7.40. The molecule has 0 atom stereocenters. The van der Waals surface area contributed by atoms with Crippen molar-refractivity contribution in [3.8, 4) is 0 Å². The summed E-state index contributed by atoms with van der Waals surface area (Å²) in [6.07, 6.45) is 7.11. The summed E-state index contributed by atoms with van der Waals surface area (Å²) in [7, 11) is 0. The van der Waals surface area contributed by atoms with Crippen LogP contribution in [0.2, 0.25) is 0 Å². The van der Waals surface area contributed by atoms with Crippen LogP contribution in [0.15, 0.2) is 0 Å². The topological polar surface area (TPSA) is 55.1 Å². The molecule has 0 spiro atoms. The van der Waals surface area contributed by atoms with E-state index in [-0.39, 0.29) is 11.4 Å². The van der Waals surface area contributed by atoms with Crippen LogP contribution in [-0.4, -0.2) is 17.0 Å². The lowest BCUT2D eigenvalue weighted by atomic mass is 9.81. The summed E-state index contributed by atoms with van der Waals surface area (Å²) in [5, 5.41) is 3.10. The third-order valence-corrected chi connectivity index (χ3v) is 3.52. The predicted octanol–water partition coefficient (Wildman–Crippen LogP) is 2.34. The number of amides is 1. The van der Waals surface area contributed by atoms with E-state index in [0.29, 0.717) is 0 Å². The van der Waals surface area contributed by atoms with E-state index in [1.54, 1.807) is 0 Å². The maximum absolute atomic E-state index is 12.2. The smallest absolute Gasteiger partial charge is 0.240 e. The molecule has 1 fully saturated rings. The summed E-state index contributed by atoms with van der Waals surface area (Å²) in [6, 6.07) is 0. The maximum Gasteiger partial charge on any atom is 0.240 e. The predicted molar refractivity (Wildman–Crippen MR) is 67.1 cm³/mol. The summed E-state index contributed by atoms with van der Waals surface area (Å²) >= 11 is 0. The van der Waals surface area contributed by atoms with Gasteiger partial charge in [-0.25, -0.2) is 0 Å². The lowest BCUT2D eigenvalue weighted by Crippen LogP contribution is -2.59. The minimum Gasteiger partial charge on any atom is -0.350 e. The number of rotatable bonds is 4. The van der Waals surface area contributed by atoms with Crippen molar-refractivity contribution in [2.45, 2.75) is 76.8 Å². The summed E-state index contributed by atoms with van der Waals surface area (Å²) in [5.41, 5.74) is 5.46. The number of nitrogens with two attached hydrogens (primary N) is 1. The van der Waals surface area contributed by atoms with Crippen LogP contribution in [0.5, 0.6) is 0 Å². The summed E-state index contributed by atoms with van der Waals surface area (Å²) in [4.78, 5) is 12.2. The second-order valence-electron chi connectivity index (χ2n) is 5.80. The molecule has 0 aliphatic heterocycles. The van der Waals surface area contributed by atoms with Crippen LogP contribution in [0.4, 0.5) is 0 Å². The lowest BCUT2D eigenvalue weighted by molar-refractivity contribution is -0.129. The Bertz CT molecular complexity index is 242. The quantitative estimate of drug-likeness (QED) is 0.773. The molecular formula is C13H26N2O. The minimum atomic E-state index is -0.608. The Morgan fingerprint density at radius 2 is 1.88 bits per heavy atom. The van der Waals surface area contributed by atoms with Gasteiger partial charge in [-0.3, -0.25) is 4.79 Å². The van der Waals surface area contributed by atoms with Gasteiger partial charge in [-0.05, 0) is 33.1 Å². The second kappa shape index (κ2) is 5.17. The SMILES string of the molecule is CCCC(C)(C)NC(=O)C1(N)CCCCC1.